The van der Waals surface area contributed by atoms with Crippen LogP contribution in [-0.2, 0) is 16.0 Å². The molecule has 1 fully saturated rings. The number of rotatable bonds is 9. The van der Waals surface area contributed by atoms with Crippen LogP contribution in [0.4, 0.5) is 4.79 Å². The Morgan fingerprint density at radius 2 is 2.35 bits per heavy atom. The summed E-state index contributed by atoms with van der Waals surface area (Å²) in [5.74, 6) is 0.720. The Labute approximate surface area is 152 Å². The van der Waals surface area contributed by atoms with Crippen molar-refractivity contribution in [2.45, 2.75) is 31.9 Å². The number of carbonyl (C=O) groups is 1. The van der Waals surface area contributed by atoms with Gasteiger partial charge in [-0.1, -0.05) is 0 Å². The van der Waals surface area contributed by atoms with Gasteiger partial charge < -0.3 is 20.1 Å². The fourth-order valence-corrected chi connectivity index (χ4v) is 2.71. The highest BCUT2D eigenvalue weighted by Gasteiger charge is 2.14. The molecule has 1 aliphatic heterocycles. The molecule has 0 aliphatic carbocycles. The molecule has 0 bridgehead atoms. The van der Waals surface area contributed by atoms with Crippen molar-refractivity contribution >= 4 is 6.03 Å². The number of hydrogen-bond acceptors (Lipinski definition) is 5. The van der Waals surface area contributed by atoms with Gasteiger partial charge in [0, 0.05) is 44.9 Å². The molecule has 8 nitrogen and oxygen atoms in total. The normalized spacial score (nSPS) is 16.5. The van der Waals surface area contributed by atoms with Crippen LogP contribution in [0.2, 0.25) is 0 Å². The Hall–Kier alpha value is -2.45. The fourth-order valence-electron chi connectivity index (χ4n) is 2.71. The van der Waals surface area contributed by atoms with Crippen molar-refractivity contribution in [2.75, 3.05) is 26.4 Å². The zero-order valence-corrected chi connectivity index (χ0v) is 14.8. The van der Waals surface area contributed by atoms with E-state index >= 15 is 0 Å². The van der Waals surface area contributed by atoms with Crippen molar-refractivity contribution in [3.63, 3.8) is 0 Å². The van der Waals surface area contributed by atoms with Gasteiger partial charge in [-0.2, -0.15) is 5.10 Å². The number of hydrogen-bond donors (Lipinski definition) is 2. The Kier molecular flexibility index (Phi) is 6.97. The summed E-state index contributed by atoms with van der Waals surface area (Å²) >= 11 is 0. The maximum Gasteiger partial charge on any atom is 0.315 e. The second-order valence-corrected chi connectivity index (χ2v) is 6.15. The molecule has 2 N–H and O–H groups in total. The molecule has 1 unspecified atom stereocenters. The Balaban J connectivity index is 1.28. The molecular formula is C18H25N5O3. The SMILES string of the molecule is O=C(NCCCOCC1CCCO1)NCc1ccnc(-n2cccn2)c1. The maximum absolute atomic E-state index is 11.9. The maximum atomic E-state index is 11.9. The van der Waals surface area contributed by atoms with E-state index in [1.807, 2.05) is 24.4 Å². The highest BCUT2D eigenvalue weighted by Crippen LogP contribution is 2.11. The summed E-state index contributed by atoms with van der Waals surface area (Å²) in [4.78, 5) is 16.1. The topological polar surface area (TPSA) is 90.3 Å². The summed E-state index contributed by atoms with van der Waals surface area (Å²) in [5, 5.41) is 9.82. The van der Waals surface area contributed by atoms with Crippen LogP contribution >= 0.6 is 0 Å². The van der Waals surface area contributed by atoms with Crippen LogP contribution in [0.15, 0.2) is 36.8 Å². The average Bonchev–Trinajstić information content (AvgIpc) is 3.37. The van der Waals surface area contributed by atoms with E-state index in [4.69, 9.17) is 9.47 Å². The van der Waals surface area contributed by atoms with Crippen molar-refractivity contribution in [2.24, 2.45) is 0 Å². The zero-order valence-electron chi connectivity index (χ0n) is 14.8. The molecule has 26 heavy (non-hydrogen) atoms. The van der Waals surface area contributed by atoms with E-state index in [2.05, 4.69) is 20.7 Å². The lowest BCUT2D eigenvalue weighted by Gasteiger charge is -2.11. The first-order chi connectivity index (χ1) is 12.8. The van der Waals surface area contributed by atoms with Crippen LogP contribution in [0.3, 0.4) is 0 Å². The molecular weight excluding hydrogens is 334 g/mol. The minimum absolute atomic E-state index is 0.193. The molecule has 0 radical (unpaired) electrons. The third-order valence-corrected chi connectivity index (χ3v) is 4.08. The van der Waals surface area contributed by atoms with E-state index in [0.29, 0.717) is 26.3 Å². The first kappa shape index (κ1) is 18.3. The number of ether oxygens (including phenoxy) is 2. The van der Waals surface area contributed by atoms with Crippen molar-refractivity contribution in [3.8, 4) is 5.82 Å². The van der Waals surface area contributed by atoms with E-state index in [1.165, 1.54) is 0 Å². The van der Waals surface area contributed by atoms with Gasteiger partial charge in [-0.25, -0.2) is 14.5 Å². The van der Waals surface area contributed by atoms with E-state index in [-0.39, 0.29) is 12.1 Å². The lowest BCUT2D eigenvalue weighted by Crippen LogP contribution is -2.36. The molecule has 0 spiro atoms. The first-order valence-corrected chi connectivity index (χ1v) is 8.97. The van der Waals surface area contributed by atoms with Gasteiger partial charge in [-0.15, -0.1) is 0 Å². The van der Waals surface area contributed by atoms with Crippen molar-refractivity contribution < 1.29 is 14.3 Å². The van der Waals surface area contributed by atoms with Crippen molar-refractivity contribution in [3.05, 3.63) is 42.4 Å². The van der Waals surface area contributed by atoms with E-state index in [0.717, 1.165) is 37.3 Å². The summed E-state index contributed by atoms with van der Waals surface area (Å²) in [6.45, 7) is 3.12. The van der Waals surface area contributed by atoms with Gasteiger partial charge in [0.1, 0.15) is 0 Å². The summed E-state index contributed by atoms with van der Waals surface area (Å²) in [7, 11) is 0. The summed E-state index contributed by atoms with van der Waals surface area (Å²) < 4.78 is 12.7. The molecule has 1 atom stereocenters. The highest BCUT2D eigenvalue weighted by molar-refractivity contribution is 5.73. The van der Waals surface area contributed by atoms with Crippen LogP contribution in [0, 0.1) is 0 Å². The number of urea groups is 1. The van der Waals surface area contributed by atoms with Gasteiger partial charge in [0.05, 0.1) is 12.7 Å². The van der Waals surface area contributed by atoms with Crippen molar-refractivity contribution in [1.29, 1.82) is 0 Å². The second-order valence-electron chi connectivity index (χ2n) is 6.15. The largest absolute Gasteiger partial charge is 0.379 e. The van der Waals surface area contributed by atoms with Crippen LogP contribution < -0.4 is 10.6 Å². The van der Waals surface area contributed by atoms with E-state index in [9.17, 15) is 4.79 Å². The molecule has 1 saturated heterocycles. The standard InChI is InChI=1S/C18H25N5O3/c24-18(20-6-3-10-25-14-16-4-1-11-26-16)21-13-15-5-8-19-17(12-15)23-9-2-7-22-23/h2,5,7-9,12,16H,1,3-4,6,10-11,13-14H2,(H2,20,21,24). The zero-order chi connectivity index (χ0) is 18.0. The summed E-state index contributed by atoms with van der Waals surface area (Å²) in [6.07, 6.45) is 8.46. The highest BCUT2D eigenvalue weighted by atomic mass is 16.5. The minimum Gasteiger partial charge on any atom is -0.379 e. The minimum atomic E-state index is -0.193. The smallest absolute Gasteiger partial charge is 0.315 e. The first-order valence-electron chi connectivity index (χ1n) is 8.97. The van der Waals surface area contributed by atoms with Gasteiger partial charge >= 0.3 is 6.03 Å². The van der Waals surface area contributed by atoms with Crippen LogP contribution in [0.25, 0.3) is 5.82 Å². The Morgan fingerprint density at radius 3 is 3.15 bits per heavy atom. The number of aromatic nitrogens is 3. The molecule has 2 aromatic rings. The molecule has 140 valence electrons. The third-order valence-electron chi connectivity index (χ3n) is 4.08. The predicted molar refractivity (Wildman–Crippen MR) is 96.0 cm³/mol. The quantitative estimate of drug-likeness (QED) is 0.665. The van der Waals surface area contributed by atoms with Gasteiger partial charge in [0.25, 0.3) is 0 Å². The molecule has 1 aliphatic rings. The monoisotopic (exact) mass is 359 g/mol. The van der Waals surface area contributed by atoms with Gasteiger partial charge in [0.2, 0.25) is 0 Å². The van der Waals surface area contributed by atoms with Gasteiger partial charge in [0.15, 0.2) is 5.82 Å². The van der Waals surface area contributed by atoms with Crippen LogP contribution in [0.1, 0.15) is 24.8 Å². The average molecular weight is 359 g/mol. The number of pyridine rings is 1. The molecule has 3 heterocycles. The van der Waals surface area contributed by atoms with E-state index < -0.39 is 0 Å². The Bertz CT molecular complexity index is 671. The number of carbonyl (C=O) groups excluding carboxylic acids is 1. The van der Waals surface area contributed by atoms with Crippen LogP contribution in [0.5, 0.6) is 0 Å². The molecule has 2 amide bonds. The predicted octanol–water partition coefficient (Wildman–Crippen LogP) is 1.65. The van der Waals surface area contributed by atoms with Gasteiger partial charge in [-0.3, -0.25) is 0 Å². The molecule has 8 heteroatoms. The molecule has 0 aromatic carbocycles. The van der Waals surface area contributed by atoms with Crippen LogP contribution in [-0.4, -0.2) is 53.3 Å². The number of nitrogens with zero attached hydrogens (tertiary/aromatic N) is 3. The molecule has 0 saturated carbocycles. The lowest BCUT2D eigenvalue weighted by atomic mass is 10.2. The van der Waals surface area contributed by atoms with E-state index in [1.54, 1.807) is 17.1 Å². The van der Waals surface area contributed by atoms with Crippen molar-refractivity contribution in [1.82, 2.24) is 25.4 Å². The summed E-state index contributed by atoms with van der Waals surface area (Å²) in [6, 6.07) is 5.41. The fraction of sp³-hybridized carbons (Fsp3) is 0.500. The van der Waals surface area contributed by atoms with Gasteiger partial charge in [-0.05, 0) is 43.0 Å². The summed E-state index contributed by atoms with van der Waals surface area (Å²) in [5.41, 5.74) is 0.959. The third kappa shape index (κ3) is 5.82. The second kappa shape index (κ2) is 9.88. The number of amides is 2. The molecule has 2 aromatic heterocycles. The lowest BCUT2D eigenvalue weighted by molar-refractivity contribution is 0.0168. The molecule has 3 rings (SSSR count). The Morgan fingerprint density at radius 1 is 1.38 bits per heavy atom. The number of nitrogens with one attached hydrogen (secondary N) is 2.